The molecule has 0 saturated carbocycles. The van der Waals surface area contributed by atoms with E-state index in [1.165, 1.54) is 0 Å². The van der Waals surface area contributed by atoms with E-state index in [4.69, 9.17) is 0 Å². The average molecular weight is 319 g/mol. The first-order chi connectivity index (χ1) is 11.3. The molecular formula is C16H25N5O2. The first-order valence-corrected chi connectivity index (χ1v) is 8.50. The molecule has 2 N–H and O–H groups in total. The van der Waals surface area contributed by atoms with Crippen molar-refractivity contribution >= 4 is 17.7 Å². The van der Waals surface area contributed by atoms with E-state index < -0.39 is 0 Å². The van der Waals surface area contributed by atoms with Crippen LogP contribution < -0.4 is 10.2 Å². The van der Waals surface area contributed by atoms with Gasteiger partial charge in [0.1, 0.15) is 5.82 Å². The summed E-state index contributed by atoms with van der Waals surface area (Å²) in [7, 11) is 0. The Morgan fingerprint density at radius 2 is 2.26 bits per heavy atom. The number of carbonyl (C=O) groups excluding carboxylic acids is 1. The number of aliphatic hydroxyl groups excluding tert-OH is 1. The van der Waals surface area contributed by atoms with Gasteiger partial charge in [0.2, 0.25) is 11.9 Å². The number of rotatable bonds is 7. The summed E-state index contributed by atoms with van der Waals surface area (Å²) in [5.74, 6) is 1.76. The monoisotopic (exact) mass is 319 g/mol. The normalized spacial score (nSPS) is 21.3. The van der Waals surface area contributed by atoms with Crippen LogP contribution in [0.15, 0.2) is 12.3 Å². The Hall–Kier alpha value is -1.89. The van der Waals surface area contributed by atoms with Crippen molar-refractivity contribution in [3.8, 4) is 0 Å². The van der Waals surface area contributed by atoms with Crippen molar-refractivity contribution in [2.24, 2.45) is 0 Å². The van der Waals surface area contributed by atoms with Crippen molar-refractivity contribution in [3.63, 3.8) is 0 Å². The second-order valence-corrected chi connectivity index (χ2v) is 6.18. The SMILES string of the molecule is O=C1CCCN1CCCNc1ccnc(N2CCCC2CO)n1. The summed E-state index contributed by atoms with van der Waals surface area (Å²) in [6.07, 6.45) is 6.40. The van der Waals surface area contributed by atoms with Gasteiger partial charge in [-0.15, -0.1) is 0 Å². The average Bonchev–Trinajstić information content (AvgIpc) is 3.20. The standard InChI is InChI=1S/C16H25N5O2/c22-12-13-4-1-11-21(13)16-18-8-6-14(19-16)17-7-3-10-20-9-2-5-15(20)23/h6,8,13,22H,1-5,7,9-12H2,(H,17,18,19). The number of nitrogens with one attached hydrogen (secondary N) is 1. The number of carbonyl (C=O) groups is 1. The molecule has 2 fully saturated rings. The van der Waals surface area contributed by atoms with Crippen molar-refractivity contribution in [1.29, 1.82) is 0 Å². The zero-order valence-corrected chi connectivity index (χ0v) is 13.4. The second kappa shape index (κ2) is 7.59. The van der Waals surface area contributed by atoms with Crippen LogP contribution in [0, 0.1) is 0 Å². The summed E-state index contributed by atoms with van der Waals surface area (Å²) in [4.78, 5) is 24.4. The van der Waals surface area contributed by atoms with Gasteiger partial charge >= 0.3 is 0 Å². The van der Waals surface area contributed by atoms with Gasteiger partial charge in [0, 0.05) is 38.8 Å². The molecule has 0 aliphatic carbocycles. The quantitative estimate of drug-likeness (QED) is 0.726. The lowest BCUT2D eigenvalue weighted by molar-refractivity contribution is -0.127. The zero-order valence-electron chi connectivity index (χ0n) is 13.4. The topological polar surface area (TPSA) is 81.6 Å². The molecule has 1 atom stereocenters. The Morgan fingerprint density at radius 3 is 3.04 bits per heavy atom. The number of hydrogen-bond donors (Lipinski definition) is 2. The van der Waals surface area contributed by atoms with E-state index in [2.05, 4.69) is 20.2 Å². The molecule has 2 aliphatic heterocycles. The number of hydrogen-bond acceptors (Lipinski definition) is 6. The highest BCUT2D eigenvalue weighted by atomic mass is 16.3. The molecule has 0 aromatic carbocycles. The van der Waals surface area contributed by atoms with Gasteiger partial charge in [0.05, 0.1) is 12.6 Å². The maximum absolute atomic E-state index is 11.5. The van der Waals surface area contributed by atoms with E-state index in [0.29, 0.717) is 12.4 Å². The minimum Gasteiger partial charge on any atom is -0.394 e. The Labute approximate surface area is 136 Å². The Morgan fingerprint density at radius 1 is 1.35 bits per heavy atom. The zero-order chi connectivity index (χ0) is 16.1. The first-order valence-electron chi connectivity index (χ1n) is 8.50. The molecule has 1 unspecified atom stereocenters. The van der Waals surface area contributed by atoms with Gasteiger partial charge in [-0.25, -0.2) is 4.98 Å². The minimum atomic E-state index is 0.131. The molecule has 126 valence electrons. The summed E-state index contributed by atoms with van der Waals surface area (Å²) < 4.78 is 0. The predicted molar refractivity (Wildman–Crippen MR) is 88.4 cm³/mol. The largest absolute Gasteiger partial charge is 0.394 e. The third-order valence-electron chi connectivity index (χ3n) is 4.57. The van der Waals surface area contributed by atoms with Crippen LogP contribution in [0.1, 0.15) is 32.1 Å². The maximum Gasteiger partial charge on any atom is 0.227 e. The van der Waals surface area contributed by atoms with Crippen LogP contribution >= 0.6 is 0 Å². The molecular weight excluding hydrogens is 294 g/mol. The summed E-state index contributed by atoms with van der Waals surface area (Å²) in [5.41, 5.74) is 0. The number of aliphatic hydroxyl groups is 1. The highest BCUT2D eigenvalue weighted by molar-refractivity contribution is 5.78. The number of amides is 1. The molecule has 1 aromatic rings. The lowest BCUT2D eigenvalue weighted by Gasteiger charge is -2.23. The predicted octanol–water partition coefficient (Wildman–Crippen LogP) is 0.862. The third-order valence-corrected chi connectivity index (χ3v) is 4.57. The molecule has 0 radical (unpaired) electrons. The fourth-order valence-electron chi connectivity index (χ4n) is 3.30. The van der Waals surface area contributed by atoms with E-state index in [-0.39, 0.29) is 18.6 Å². The van der Waals surface area contributed by atoms with Gasteiger partial charge < -0.3 is 20.2 Å². The Balaban J connectivity index is 1.48. The van der Waals surface area contributed by atoms with Gasteiger partial charge in [0.15, 0.2) is 0 Å². The number of aromatic nitrogens is 2. The van der Waals surface area contributed by atoms with E-state index in [1.807, 2.05) is 11.0 Å². The summed E-state index contributed by atoms with van der Waals surface area (Å²) in [6.45, 7) is 3.52. The lowest BCUT2D eigenvalue weighted by atomic mass is 10.2. The highest BCUT2D eigenvalue weighted by Crippen LogP contribution is 2.22. The van der Waals surface area contributed by atoms with Crippen LogP contribution in [0.4, 0.5) is 11.8 Å². The molecule has 2 aliphatic rings. The molecule has 1 amide bonds. The smallest absolute Gasteiger partial charge is 0.227 e. The molecule has 2 saturated heterocycles. The van der Waals surface area contributed by atoms with Crippen molar-refractivity contribution in [2.45, 2.75) is 38.1 Å². The van der Waals surface area contributed by atoms with Crippen molar-refractivity contribution in [2.75, 3.05) is 43.0 Å². The second-order valence-electron chi connectivity index (χ2n) is 6.18. The molecule has 0 bridgehead atoms. The Bertz CT molecular complexity index is 539. The van der Waals surface area contributed by atoms with Crippen LogP contribution in [0.3, 0.4) is 0 Å². The van der Waals surface area contributed by atoms with Crippen LogP contribution in [-0.2, 0) is 4.79 Å². The number of likely N-dealkylation sites (tertiary alicyclic amines) is 1. The fourth-order valence-corrected chi connectivity index (χ4v) is 3.30. The van der Waals surface area contributed by atoms with Crippen molar-refractivity contribution in [1.82, 2.24) is 14.9 Å². The van der Waals surface area contributed by atoms with Gasteiger partial charge in [-0.3, -0.25) is 4.79 Å². The minimum absolute atomic E-state index is 0.131. The van der Waals surface area contributed by atoms with Crippen LogP contribution in [0.25, 0.3) is 0 Å². The Kier molecular flexibility index (Phi) is 5.27. The fraction of sp³-hybridized carbons (Fsp3) is 0.688. The van der Waals surface area contributed by atoms with E-state index in [0.717, 1.165) is 57.7 Å². The van der Waals surface area contributed by atoms with E-state index in [1.54, 1.807) is 6.20 Å². The molecule has 1 aromatic heterocycles. The molecule has 3 rings (SSSR count). The maximum atomic E-state index is 11.5. The first kappa shape index (κ1) is 16.0. The van der Waals surface area contributed by atoms with Crippen LogP contribution in [-0.4, -0.2) is 64.7 Å². The van der Waals surface area contributed by atoms with Crippen LogP contribution in [0.5, 0.6) is 0 Å². The molecule has 7 heteroatoms. The highest BCUT2D eigenvalue weighted by Gasteiger charge is 2.26. The summed E-state index contributed by atoms with van der Waals surface area (Å²) in [5, 5.41) is 12.7. The number of anilines is 2. The van der Waals surface area contributed by atoms with E-state index >= 15 is 0 Å². The third kappa shape index (κ3) is 3.90. The summed E-state index contributed by atoms with van der Waals surface area (Å²) in [6, 6.07) is 1.99. The van der Waals surface area contributed by atoms with Gasteiger partial charge in [-0.2, -0.15) is 4.98 Å². The molecule has 23 heavy (non-hydrogen) atoms. The molecule has 7 nitrogen and oxygen atoms in total. The van der Waals surface area contributed by atoms with E-state index in [9.17, 15) is 9.90 Å². The molecule has 0 spiro atoms. The number of nitrogens with zero attached hydrogens (tertiary/aromatic N) is 4. The molecule has 3 heterocycles. The van der Waals surface area contributed by atoms with Gasteiger partial charge in [-0.05, 0) is 31.7 Å². The van der Waals surface area contributed by atoms with Gasteiger partial charge in [-0.1, -0.05) is 0 Å². The van der Waals surface area contributed by atoms with Crippen LogP contribution in [0.2, 0.25) is 0 Å². The van der Waals surface area contributed by atoms with Crippen molar-refractivity contribution < 1.29 is 9.90 Å². The van der Waals surface area contributed by atoms with Gasteiger partial charge in [0.25, 0.3) is 0 Å². The lowest BCUT2D eigenvalue weighted by Crippen LogP contribution is -2.33. The summed E-state index contributed by atoms with van der Waals surface area (Å²) >= 11 is 0. The van der Waals surface area contributed by atoms with Crippen molar-refractivity contribution in [3.05, 3.63) is 12.3 Å².